The summed E-state index contributed by atoms with van der Waals surface area (Å²) in [6.45, 7) is 0.351. The first-order valence-electron chi connectivity index (χ1n) is 6.45. The summed E-state index contributed by atoms with van der Waals surface area (Å²) in [4.78, 5) is 16.4. The molecule has 108 valence electrons. The number of nitrogens with zero attached hydrogens (tertiary/aromatic N) is 1. The molecule has 2 heterocycles. The van der Waals surface area contributed by atoms with E-state index in [0.717, 1.165) is 10.2 Å². The zero-order valence-corrected chi connectivity index (χ0v) is 12.2. The number of fused-ring (bicyclic) bond motifs is 1. The van der Waals surface area contributed by atoms with Gasteiger partial charge in [-0.3, -0.25) is 4.79 Å². The molecular weight excluding hydrogens is 288 g/mol. The van der Waals surface area contributed by atoms with E-state index in [-0.39, 0.29) is 12.0 Å². The number of aromatic nitrogens is 1. The molecular formula is C15H14N2O3S. The SMILES string of the molecule is COC(CNC(=O)c1ccc2ncsc2c1)c1ccco1. The number of hydrogen-bond donors (Lipinski definition) is 1. The smallest absolute Gasteiger partial charge is 0.251 e. The molecule has 0 spiro atoms. The maximum atomic E-state index is 12.2. The number of carbonyl (C=O) groups is 1. The van der Waals surface area contributed by atoms with Crippen molar-refractivity contribution in [3.63, 3.8) is 0 Å². The van der Waals surface area contributed by atoms with Gasteiger partial charge in [0.05, 0.1) is 28.5 Å². The molecule has 3 aromatic rings. The van der Waals surface area contributed by atoms with Crippen LogP contribution in [0, 0.1) is 0 Å². The average molecular weight is 302 g/mol. The standard InChI is InChI=1S/C15H14N2O3S/c1-19-13(12-3-2-6-20-12)8-16-15(18)10-4-5-11-14(7-10)21-9-17-11/h2-7,9,13H,8H2,1H3,(H,16,18). The lowest BCUT2D eigenvalue weighted by atomic mass is 10.2. The number of thiazole rings is 1. The molecule has 0 saturated heterocycles. The van der Waals surface area contributed by atoms with Crippen LogP contribution >= 0.6 is 11.3 Å². The van der Waals surface area contributed by atoms with Crippen molar-refractivity contribution in [1.29, 1.82) is 0 Å². The van der Waals surface area contributed by atoms with Crippen LogP contribution in [0.5, 0.6) is 0 Å². The molecule has 1 aromatic carbocycles. The normalized spacial score (nSPS) is 12.4. The highest BCUT2D eigenvalue weighted by atomic mass is 32.1. The fourth-order valence-corrected chi connectivity index (χ4v) is 2.77. The van der Waals surface area contributed by atoms with Crippen LogP contribution in [0.25, 0.3) is 10.2 Å². The zero-order chi connectivity index (χ0) is 14.7. The number of ether oxygens (including phenoxy) is 1. The van der Waals surface area contributed by atoms with Crippen LogP contribution in [-0.2, 0) is 4.74 Å². The van der Waals surface area contributed by atoms with Gasteiger partial charge in [0.25, 0.3) is 5.91 Å². The number of amides is 1. The van der Waals surface area contributed by atoms with Gasteiger partial charge < -0.3 is 14.5 Å². The van der Waals surface area contributed by atoms with Crippen molar-refractivity contribution in [2.75, 3.05) is 13.7 Å². The van der Waals surface area contributed by atoms with Gasteiger partial charge in [-0.05, 0) is 30.3 Å². The molecule has 1 amide bonds. The van der Waals surface area contributed by atoms with Gasteiger partial charge in [-0.25, -0.2) is 4.98 Å². The number of hydrogen-bond acceptors (Lipinski definition) is 5. The lowest BCUT2D eigenvalue weighted by Crippen LogP contribution is -2.28. The van der Waals surface area contributed by atoms with E-state index in [4.69, 9.17) is 9.15 Å². The third kappa shape index (κ3) is 2.96. The Morgan fingerprint density at radius 1 is 1.48 bits per heavy atom. The van der Waals surface area contributed by atoms with Gasteiger partial charge in [0, 0.05) is 12.7 Å². The van der Waals surface area contributed by atoms with E-state index >= 15 is 0 Å². The van der Waals surface area contributed by atoms with Crippen LogP contribution in [0.2, 0.25) is 0 Å². The molecule has 5 nitrogen and oxygen atoms in total. The van der Waals surface area contributed by atoms with Crippen molar-refractivity contribution in [1.82, 2.24) is 10.3 Å². The summed E-state index contributed by atoms with van der Waals surface area (Å²) in [5.74, 6) is 0.551. The summed E-state index contributed by atoms with van der Waals surface area (Å²) >= 11 is 1.52. The lowest BCUT2D eigenvalue weighted by molar-refractivity contribution is 0.0738. The van der Waals surface area contributed by atoms with Crippen LogP contribution in [0.15, 0.2) is 46.5 Å². The summed E-state index contributed by atoms with van der Waals surface area (Å²) in [5.41, 5.74) is 3.28. The summed E-state index contributed by atoms with van der Waals surface area (Å²) in [6, 6.07) is 9.08. The van der Waals surface area contributed by atoms with Crippen LogP contribution < -0.4 is 5.32 Å². The van der Waals surface area contributed by atoms with E-state index in [1.165, 1.54) is 11.3 Å². The second kappa shape index (κ2) is 6.07. The fraction of sp³-hybridized carbons (Fsp3) is 0.200. The Morgan fingerprint density at radius 3 is 3.14 bits per heavy atom. The van der Waals surface area contributed by atoms with Crippen molar-refractivity contribution in [3.05, 3.63) is 53.4 Å². The number of carbonyl (C=O) groups excluding carboxylic acids is 1. The van der Waals surface area contributed by atoms with Crippen molar-refractivity contribution in [2.24, 2.45) is 0 Å². The first-order chi connectivity index (χ1) is 10.3. The van der Waals surface area contributed by atoms with Crippen LogP contribution in [0.1, 0.15) is 22.2 Å². The monoisotopic (exact) mass is 302 g/mol. The first kappa shape index (κ1) is 13.8. The van der Waals surface area contributed by atoms with Gasteiger partial charge in [0.15, 0.2) is 0 Å². The highest BCUT2D eigenvalue weighted by Gasteiger charge is 2.15. The molecule has 0 aliphatic rings. The molecule has 21 heavy (non-hydrogen) atoms. The van der Waals surface area contributed by atoms with Crippen molar-refractivity contribution >= 4 is 27.5 Å². The Bertz CT molecular complexity index is 736. The molecule has 1 atom stereocenters. The molecule has 6 heteroatoms. The van der Waals surface area contributed by atoms with Gasteiger partial charge >= 0.3 is 0 Å². The minimum atomic E-state index is -0.295. The fourth-order valence-electron chi connectivity index (χ4n) is 2.06. The molecule has 0 aliphatic heterocycles. The van der Waals surface area contributed by atoms with Crippen LogP contribution in [0.4, 0.5) is 0 Å². The van der Waals surface area contributed by atoms with E-state index in [1.54, 1.807) is 31.0 Å². The third-order valence-electron chi connectivity index (χ3n) is 3.19. The van der Waals surface area contributed by atoms with Gasteiger partial charge in [-0.15, -0.1) is 11.3 Å². The second-order valence-electron chi connectivity index (χ2n) is 4.48. The van der Waals surface area contributed by atoms with Crippen molar-refractivity contribution < 1.29 is 13.9 Å². The highest BCUT2D eigenvalue weighted by molar-refractivity contribution is 7.16. The van der Waals surface area contributed by atoms with Crippen molar-refractivity contribution in [2.45, 2.75) is 6.10 Å². The second-order valence-corrected chi connectivity index (χ2v) is 5.37. The molecule has 0 fully saturated rings. The lowest BCUT2D eigenvalue weighted by Gasteiger charge is -2.13. The van der Waals surface area contributed by atoms with Gasteiger partial charge in [-0.2, -0.15) is 0 Å². The van der Waals surface area contributed by atoms with E-state index in [2.05, 4.69) is 10.3 Å². The van der Waals surface area contributed by atoms with Crippen LogP contribution in [0.3, 0.4) is 0 Å². The number of methoxy groups -OCH3 is 1. The zero-order valence-electron chi connectivity index (χ0n) is 11.4. The van der Waals surface area contributed by atoms with Crippen molar-refractivity contribution in [3.8, 4) is 0 Å². The van der Waals surface area contributed by atoms with E-state index < -0.39 is 0 Å². The molecule has 0 radical (unpaired) electrons. The third-order valence-corrected chi connectivity index (χ3v) is 3.98. The van der Waals surface area contributed by atoms with E-state index in [9.17, 15) is 4.79 Å². The summed E-state index contributed by atoms with van der Waals surface area (Å²) in [5, 5.41) is 2.86. The minimum absolute atomic E-state index is 0.140. The maximum Gasteiger partial charge on any atom is 0.251 e. The number of rotatable bonds is 5. The predicted molar refractivity (Wildman–Crippen MR) is 80.4 cm³/mol. The highest BCUT2D eigenvalue weighted by Crippen LogP contribution is 2.19. The molecule has 0 saturated carbocycles. The molecule has 3 rings (SSSR count). The number of furan rings is 1. The Morgan fingerprint density at radius 2 is 2.38 bits per heavy atom. The number of nitrogens with one attached hydrogen (secondary N) is 1. The van der Waals surface area contributed by atoms with E-state index in [1.807, 2.05) is 18.2 Å². The van der Waals surface area contributed by atoms with Gasteiger partial charge in [-0.1, -0.05) is 0 Å². The molecule has 1 N–H and O–H groups in total. The topological polar surface area (TPSA) is 64.4 Å². The summed E-state index contributed by atoms with van der Waals surface area (Å²) in [7, 11) is 1.59. The Kier molecular flexibility index (Phi) is 3.98. The average Bonchev–Trinajstić information content (AvgIpc) is 3.18. The predicted octanol–water partition coefficient (Wildman–Crippen LogP) is 3.01. The van der Waals surface area contributed by atoms with Gasteiger partial charge in [0.2, 0.25) is 0 Å². The Hall–Kier alpha value is -2.18. The largest absolute Gasteiger partial charge is 0.467 e. The maximum absolute atomic E-state index is 12.2. The minimum Gasteiger partial charge on any atom is -0.467 e. The Balaban J connectivity index is 1.68. The molecule has 1 unspecified atom stereocenters. The van der Waals surface area contributed by atoms with Crippen LogP contribution in [-0.4, -0.2) is 24.5 Å². The first-order valence-corrected chi connectivity index (χ1v) is 7.33. The van der Waals surface area contributed by atoms with Gasteiger partial charge in [0.1, 0.15) is 11.9 Å². The molecule has 0 aliphatic carbocycles. The molecule has 2 aromatic heterocycles. The molecule has 0 bridgehead atoms. The number of benzene rings is 1. The quantitative estimate of drug-likeness (QED) is 0.787. The van der Waals surface area contributed by atoms with E-state index in [0.29, 0.717) is 17.9 Å². The summed E-state index contributed by atoms with van der Waals surface area (Å²) in [6.07, 6.45) is 1.29. The summed E-state index contributed by atoms with van der Waals surface area (Å²) < 4.78 is 11.6. The Labute approximate surface area is 125 Å².